The van der Waals surface area contributed by atoms with Crippen molar-refractivity contribution in [3.8, 4) is 0 Å². The van der Waals surface area contributed by atoms with Gasteiger partial charge < -0.3 is 4.42 Å². The van der Waals surface area contributed by atoms with Crippen molar-refractivity contribution < 1.29 is 18.9 Å². The van der Waals surface area contributed by atoms with Crippen molar-refractivity contribution in [1.29, 1.82) is 0 Å². The number of nitrogens with zero attached hydrogens (tertiary/aromatic N) is 3. The van der Waals surface area contributed by atoms with Gasteiger partial charge in [-0.2, -0.15) is 10.1 Å². The molecule has 1 aromatic heterocycles. The number of non-ortho nitro benzene ring substituents is 1. The normalized spacial score (nSPS) is 20.7. The quantitative estimate of drug-likeness (QED) is 0.289. The van der Waals surface area contributed by atoms with Gasteiger partial charge >= 0.3 is 0 Å². The number of nitro groups is 1. The van der Waals surface area contributed by atoms with Crippen LogP contribution in [0.15, 0.2) is 52.0 Å². The zero-order chi connectivity index (χ0) is 20.3. The van der Waals surface area contributed by atoms with E-state index in [2.05, 4.69) is 12.0 Å². The average Bonchev–Trinajstić information content (AvgIpc) is 3.25. The number of imide groups is 1. The van der Waals surface area contributed by atoms with Crippen LogP contribution in [-0.2, 0) is 0 Å². The highest BCUT2D eigenvalue weighted by Crippen LogP contribution is 2.47. The topological polar surface area (TPSA) is 106 Å². The third kappa shape index (κ3) is 2.64. The van der Waals surface area contributed by atoms with Crippen LogP contribution < -0.4 is 0 Å². The van der Waals surface area contributed by atoms with E-state index in [1.807, 2.05) is 6.07 Å². The smallest absolute Gasteiger partial charge is 0.282 e. The van der Waals surface area contributed by atoms with E-state index in [1.165, 1.54) is 30.5 Å². The molecule has 0 spiro atoms. The van der Waals surface area contributed by atoms with E-state index < -0.39 is 16.7 Å². The lowest BCUT2D eigenvalue weighted by Gasteiger charge is -2.22. The molecule has 3 aromatic rings. The minimum absolute atomic E-state index is 0.152. The van der Waals surface area contributed by atoms with E-state index in [0.29, 0.717) is 17.6 Å². The van der Waals surface area contributed by atoms with Crippen molar-refractivity contribution in [2.45, 2.75) is 19.3 Å². The summed E-state index contributed by atoms with van der Waals surface area (Å²) in [5.41, 5.74) is 0.246. The number of amides is 2. The summed E-state index contributed by atoms with van der Waals surface area (Å²) >= 11 is 0. The Bertz CT molecular complexity index is 1220. The zero-order valence-corrected chi connectivity index (χ0v) is 15.4. The summed E-state index contributed by atoms with van der Waals surface area (Å²) in [5, 5.41) is 16.7. The summed E-state index contributed by atoms with van der Waals surface area (Å²) < 4.78 is 5.74. The van der Waals surface area contributed by atoms with Crippen molar-refractivity contribution in [2.75, 3.05) is 0 Å². The van der Waals surface area contributed by atoms with Crippen LogP contribution in [0.3, 0.4) is 0 Å². The zero-order valence-electron chi connectivity index (χ0n) is 15.4. The van der Waals surface area contributed by atoms with Gasteiger partial charge in [-0.25, -0.2) is 0 Å². The van der Waals surface area contributed by atoms with Gasteiger partial charge in [-0.1, -0.05) is 13.0 Å². The lowest BCUT2D eigenvalue weighted by atomic mass is 9.94. The predicted octanol–water partition coefficient (Wildman–Crippen LogP) is 4.09. The minimum atomic E-state index is -0.632. The minimum Gasteiger partial charge on any atom is -0.460 e. The van der Waals surface area contributed by atoms with Crippen molar-refractivity contribution in [3.63, 3.8) is 0 Å². The molecule has 2 aromatic carbocycles. The molecule has 2 atom stereocenters. The van der Waals surface area contributed by atoms with Crippen LogP contribution in [0.25, 0.3) is 10.8 Å². The Balaban J connectivity index is 1.52. The third-order valence-corrected chi connectivity index (χ3v) is 5.48. The molecule has 0 saturated heterocycles. The number of carbonyl (C=O) groups excluding carboxylic acids is 2. The first-order valence-electron chi connectivity index (χ1n) is 9.18. The number of carbonyl (C=O) groups is 2. The molecule has 2 aliphatic rings. The monoisotopic (exact) mass is 389 g/mol. The van der Waals surface area contributed by atoms with Gasteiger partial charge in [0.1, 0.15) is 11.5 Å². The first kappa shape index (κ1) is 17.3. The second-order valence-electron chi connectivity index (χ2n) is 7.34. The maximum atomic E-state index is 12.9. The molecule has 8 heteroatoms. The fraction of sp³-hybridized carbons (Fsp3) is 0.190. The van der Waals surface area contributed by atoms with Gasteiger partial charge in [-0.05, 0) is 42.7 Å². The Morgan fingerprint density at radius 2 is 1.86 bits per heavy atom. The number of rotatable bonds is 4. The van der Waals surface area contributed by atoms with Gasteiger partial charge in [0.15, 0.2) is 0 Å². The highest BCUT2D eigenvalue weighted by Gasteiger charge is 2.37. The molecule has 1 saturated carbocycles. The third-order valence-electron chi connectivity index (χ3n) is 5.48. The van der Waals surface area contributed by atoms with Crippen LogP contribution in [0.2, 0.25) is 0 Å². The van der Waals surface area contributed by atoms with E-state index in [4.69, 9.17) is 4.42 Å². The van der Waals surface area contributed by atoms with Gasteiger partial charge in [0.2, 0.25) is 0 Å². The van der Waals surface area contributed by atoms with E-state index in [1.54, 1.807) is 12.1 Å². The van der Waals surface area contributed by atoms with E-state index in [9.17, 15) is 19.7 Å². The Labute approximate surface area is 164 Å². The van der Waals surface area contributed by atoms with Crippen molar-refractivity contribution in [2.24, 2.45) is 11.0 Å². The molecule has 2 amide bonds. The van der Waals surface area contributed by atoms with Gasteiger partial charge in [-0.15, -0.1) is 0 Å². The fourth-order valence-electron chi connectivity index (χ4n) is 3.80. The Hall–Kier alpha value is -3.81. The molecule has 1 aliphatic carbocycles. The number of hydrogen-bond acceptors (Lipinski definition) is 6. The van der Waals surface area contributed by atoms with Crippen LogP contribution in [0, 0.1) is 16.0 Å². The molecular formula is C21H15N3O5. The molecule has 5 rings (SSSR count). The Morgan fingerprint density at radius 3 is 2.55 bits per heavy atom. The van der Waals surface area contributed by atoms with Gasteiger partial charge in [0.25, 0.3) is 17.5 Å². The molecule has 0 radical (unpaired) electrons. The van der Waals surface area contributed by atoms with Gasteiger partial charge in [-0.3, -0.25) is 19.7 Å². The molecule has 144 valence electrons. The second kappa shape index (κ2) is 6.10. The van der Waals surface area contributed by atoms with Crippen molar-refractivity contribution >= 4 is 34.5 Å². The van der Waals surface area contributed by atoms with Crippen molar-refractivity contribution in [3.05, 3.63) is 75.2 Å². The molecule has 0 bridgehead atoms. The lowest BCUT2D eigenvalue weighted by Crippen LogP contribution is -2.36. The summed E-state index contributed by atoms with van der Waals surface area (Å²) in [6, 6.07) is 10.9. The molecule has 1 aliphatic heterocycles. The lowest BCUT2D eigenvalue weighted by molar-refractivity contribution is -0.383. The van der Waals surface area contributed by atoms with E-state index in [-0.39, 0.29) is 27.6 Å². The van der Waals surface area contributed by atoms with E-state index in [0.717, 1.165) is 17.2 Å². The maximum absolute atomic E-state index is 12.9. The van der Waals surface area contributed by atoms with Crippen molar-refractivity contribution in [1.82, 2.24) is 5.01 Å². The standard InChI is InChI=1S/C21H15N3O5/c1-11-9-16(11)18-8-5-12(29-18)10-22-23-20(25)14-4-2-3-13-17(24(27)28)7-6-15(19(13)14)21(23)26/h2-8,10-11,16H,9H2,1H3/b22-10-/t11-,16-/m0/s1. The van der Waals surface area contributed by atoms with Gasteiger partial charge in [0.05, 0.1) is 27.7 Å². The first-order valence-corrected chi connectivity index (χ1v) is 9.18. The number of furan rings is 1. The largest absolute Gasteiger partial charge is 0.460 e. The molecule has 29 heavy (non-hydrogen) atoms. The van der Waals surface area contributed by atoms with E-state index >= 15 is 0 Å². The number of hydrazone groups is 1. The molecule has 1 fully saturated rings. The first-order chi connectivity index (χ1) is 14.0. The SMILES string of the molecule is C[C@H]1C[C@@H]1c1ccc(/C=N\N2C(=O)c3cccc4c([N+](=O)[O-])ccc(c34)C2=O)o1. The highest BCUT2D eigenvalue weighted by atomic mass is 16.6. The molecule has 8 nitrogen and oxygen atoms in total. The predicted molar refractivity (Wildman–Crippen MR) is 104 cm³/mol. The fourth-order valence-corrected chi connectivity index (χ4v) is 3.80. The van der Waals surface area contributed by atoms with Crippen LogP contribution in [0.5, 0.6) is 0 Å². The molecule has 0 N–H and O–H groups in total. The van der Waals surface area contributed by atoms with Crippen LogP contribution in [0.1, 0.15) is 51.5 Å². The summed E-state index contributed by atoms with van der Waals surface area (Å²) in [6.07, 6.45) is 2.42. The maximum Gasteiger partial charge on any atom is 0.282 e. The Morgan fingerprint density at radius 1 is 1.14 bits per heavy atom. The van der Waals surface area contributed by atoms with Gasteiger partial charge in [0, 0.05) is 17.4 Å². The summed E-state index contributed by atoms with van der Waals surface area (Å²) in [4.78, 5) is 36.5. The van der Waals surface area contributed by atoms with Crippen LogP contribution in [-0.4, -0.2) is 28.0 Å². The number of hydrogen-bond donors (Lipinski definition) is 0. The Kier molecular flexibility index (Phi) is 3.64. The van der Waals surface area contributed by atoms with Crippen LogP contribution >= 0.6 is 0 Å². The summed E-state index contributed by atoms with van der Waals surface area (Å²) in [5.74, 6) is 1.07. The average molecular weight is 389 g/mol. The second-order valence-corrected chi connectivity index (χ2v) is 7.34. The number of benzene rings is 2. The number of nitro benzene ring substituents is 1. The van der Waals surface area contributed by atoms with Crippen LogP contribution in [0.4, 0.5) is 5.69 Å². The highest BCUT2D eigenvalue weighted by molar-refractivity contribution is 6.26. The molecule has 2 heterocycles. The summed E-state index contributed by atoms with van der Waals surface area (Å²) in [7, 11) is 0. The molecule has 0 unspecified atom stereocenters. The molecular weight excluding hydrogens is 374 g/mol. The summed E-state index contributed by atoms with van der Waals surface area (Å²) in [6.45, 7) is 2.15.